The Hall–Kier alpha value is -0.900. The molecule has 2 aliphatic rings. The lowest BCUT2D eigenvalue weighted by atomic mass is 9.84. The molecule has 0 spiro atoms. The Morgan fingerprint density at radius 2 is 2.25 bits per heavy atom. The average molecular weight is 169 g/mol. The van der Waals surface area contributed by atoms with Crippen LogP contribution in [0, 0.1) is 5.92 Å². The molecule has 3 atom stereocenters. The molecule has 1 amide bonds. The number of aliphatic hydroxyl groups excluding tert-OH is 1. The first-order valence-corrected chi connectivity index (χ1v) is 4.11. The largest absolute Gasteiger partial charge is 0.393 e. The smallest absolute Gasteiger partial charge is 0.231 e. The Kier molecular flexibility index (Phi) is 1.48. The number of ketones is 1. The summed E-state index contributed by atoms with van der Waals surface area (Å²) in [5.41, 5.74) is 0. The van der Waals surface area contributed by atoms with Gasteiger partial charge in [-0.05, 0) is 6.92 Å². The van der Waals surface area contributed by atoms with Crippen LogP contribution in [0.25, 0.3) is 0 Å². The molecule has 4 heteroatoms. The van der Waals surface area contributed by atoms with Crippen LogP contribution in [0.3, 0.4) is 0 Å². The van der Waals surface area contributed by atoms with Crippen LogP contribution in [-0.4, -0.2) is 40.4 Å². The number of Topliss-reactive ketones (excluding diaryl/α,β-unsaturated/α-hetero) is 1. The summed E-state index contributed by atoms with van der Waals surface area (Å²) < 4.78 is 0. The Labute approximate surface area is 70.2 Å². The lowest BCUT2D eigenvalue weighted by molar-refractivity contribution is -0.159. The van der Waals surface area contributed by atoms with Crippen molar-refractivity contribution in [3.05, 3.63) is 0 Å². The Bertz CT molecular complexity index is 249. The molecule has 1 N–H and O–H groups in total. The summed E-state index contributed by atoms with van der Waals surface area (Å²) in [5, 5.41) is 9.22. The van der Waals surface area contributed by atoms with E-state index >= 15 is 0 Å². The summed E-state index contributed by atoms with van der Waals surface area (Å²) >= 11 is 0. The van der Waals surface area contributed by atoms with Gasteiger partial charge >= 0.3 is 0 Å². The Balaban J connectivity index is 2.13. The fourth-order valence-electron chi connectivity index (χ4n) is 2.08. The van der Waals surface area contributed by atoms with Gasteiger partial charge in [-0.2, -0.15) is 0 Å². The second kappa shape index (κ2) is 2.29. The zero-order chi connectivity index (χ0) is 8.88. The van der Waals surface area contributed by atoms with Gasteiger partial charge < -0.3 is 10.0 Å². The summed E-state index contributed by atoms with van der Waals surface area (Å²) in [6.07, 6.45) is -0.189. The molecule has 0 aromatic heterocycles. The number of aliphatic hydroxyl groups is 1. The molecule has 0 aromatic carbocycles. The van der Waals surface area contributed by atoms with Crippen LogP contribution < -0.4 is 0 Å². The summed E-state index contributed by atoms with van der Waals surface area (Å²) in [6, 6.07) is -0.00926. The highest BCUT2D eigenvalue weighted by Crippen LogP contribution is 2.35. The van der Waals surface area contributed by atoms with E-state index in [4.69, 9.17) is 0 Å². The van der Waals surface area contributed by atoms with Crippen LogP contribution in [0.2, 0.25) is 0 Å². The minimum Gasteiger partial charge on any atom is -0.393 e. The lowest BCUT2D eigenvalue weighted by Crippen LogP contribution is -2.60. The second-order valence-corrected chi connectivity index (χ2v) is 3.54. The maximum Gasteiger partial charge on any atom is 0.231 e. The van der Waals surface area contributed by atoms with Crippen molar-refractivity contribution >= 4 is 11.7 Å². The van der Waals surface area contributed by atoms with Gasteiger partial charge in [0.05, 0.1) is 24.6 Å². The molecule has 0 saturated carbocycles. The highest BCUT2D eigenvalue weighted by Gasteiger charge is 2.54. The van der Waals surface area contributed by atoms with Gasteiger partial charge in [-0.15, -0.1) is 0 Å². The van der Waals surface area contributed by atoms with Gasteiger partial charge in [-0.25, -0.2) is 0 Å². The first-order chi connectivity index (χ1) is 5.61. The van der Waals surface area contributed by atoms with Crippen molar-refractivity contribution in [3.8, 4) is 0 Å². The third-order valence-electron chi connectivity index (χ3n) is 2.69. The highest BCUT2D eigenvalue weighted by atomic mass is 16.3. The molecule has 4 nitrogen and oxygen atoms in total. The number of rotatable bonds is 1. The van der Waals surface area contributed by atoms with Gasteiger partial charge in [-0.3, -0.25) is 9.59 Å². The van der Waals surface area contributed by atoms with Crippen molar-refractivity contribution in [1.82, 2.24) is 4.90 Å². The van der Waals surface area contributed by atoms with E-state index in [-0.39, 0.29) is 30.2 Å². The van der Waals surface area contributed by atoms with Crippen LogP contribution in [0.1, 0.15) is 13.3 Å². The molecule has 2 saturated heterocycles. The molecule has 0 bridgehead atoms. The van der Waals surface area contributed by atoms with Crippen LogP contribution in [-0.2, 0) is 9.59 Å². The van der Waals surface area contributed by atoms with Crippen LogP contribution in [0.15, 0.2) is 0 Å². The summed E-state index contributed by atoms with van der Waals surface area (Å²) in [4.78, 5) is 23.7. The standard InChI is InChI=1S/C8H11NO3/c1-4(10)7-6-2-5(11)3-9(6)8(7)12/h4,6-7,10H,2-3H2,1H3. The maximum absolute atomic E-state index is 11.2. The number of carbonyl (C=O) groups excluding carboxylic acids is 2. The molecular weight excluding hydrogens is 158 g/mol. The number of β-lactam (4-membered cyclic amide) rings is 1. The van der Waals surface area contributed by atoms with Crippen LogP contribution in [0.4, 0.5) is 0 Å². The molecule has 3 unspecified atom stereocenters. The molecule has 0 aliphatic carbocycles. The number of hydrogen-bond donors (Lipinski definition) is 1. The van der Waals surface area contributed by atoms with E-state index in [1.165, 1.54) is 0 Å². The summed E-state index contributed by atoms with van der Waals surface area (Å²) in [5.74, 6) is -0.284. The number of hydrogen-bond acceptors (Lipinski definition) is 3. The zero-order valence-electron chi connectivity index (χ0n) is 6.86. The van der Waals surface area contributed by atoms with Crippen molar-refractivity contribution in [2.45, 2.75) is 25.5 Å². The normalized spacial score (nSPS) is 36.3. The predicted octanol–water partition coefficient (Wildman–Crippen LogP) is -0.833. The maximum atomic E-state index is 11.2. The molecule has 2 rings (SSSR count). The molecule has 2 heterocycles. The molecule has 0 radical (unpaired) electrons. The molecule has 2 fully saturated rings. The topological polar surface area (TPSA) is 57.6 Å². The fraction of sp³-hybridized carbons (Fsp3) is 0.750. The summed E-state index contributed by atoms with van der Waals surface area (Å²) in [7, 11) is 0. The van der Waals surface area contributed by atoms with E-state index in [0.29, 0.717) is 6.42 Å². The first-order valence-electron chi connectivity index (χ1n) is 4.11. The minimum atomic E-state index is -0.621. The van der Waals surface area contributed by atoms with Crippen molar-refractivity contribution < 1.29 is 14.7 Å². The van der Waals surface area contributed by atoms with Crippen molar-refractivity contribution in [1.29, 1.82) is 0 Å². The minimum absolute atomic E-state index is 0.00926. The predicted molar refractivity (Wildman–Crippen MR) is 40.3 cm³/mol. The van der Waals surface area contributed by atoms with Crippen molar-refractivity contribution in [2.75, 3.05) is 6.54 Å². The molecule has 12 heavy (non-hydrogen) atoms. The first kappa shape index (κ1) is 7.73. The number of amides is 1. The van der Waals surface area contributed by atoms with Crippen molar-refractivity contribution in [3.63, 3.8) is 0 Å². The second-order valence-electron chi connectivity index (χ2n) is 3.54. The quantitative estimate of drug-likeness (QED) is 0.521. The van der Waals surface area contributed by atoms with Gasteiger partial charge in [0, 0.05) is 6.42 Å². The number of carbonyl (C=O) groups is 2. The average Bonchev–Trinajstić information content (AvgIpc) is 2.28. The van der Waals surface area contributed by atoms with Gasteiger partial charge in [0.15, 0.2) is 5.78 Å². The zero-order valence-corrected chi connectivity index (χ0v) is 6.86. The molecule has 2 aliphatic heterocycles. The van der Waals surface area contributed by atoms with E-state index in [9.17, 15) is 14.7 Å². The highest BCUT2D eigenvalue weighted by molar-refractivity contribution is 5.97. The molecule has 0 aromatic rings. The Morgan fingerprint density at radius 1 is 1.58 bits per heavy atom. The lowest BCUT2D eigenvalue weighted by Gasteiger charge is -2.43. The van der Waals surface area contributed by atoms with E-state index < -0.39 is 6.10 Å². The third-order valence-corrected chi connectivity index (χ3v) is 2.69. The van der Waals surface area contributed by atoms with Crippen molar-refractivity contribution in [2.24, 2.45) is 5.92 Å². The van der Waals surface area contributed by atoms with E-state index in [1.54, 1.807) is 11.8 Å². The monoisotopic (exact) mass is 169 g/mol. The molecular formula is C8H11NO3. The SMILES string of the molecule is CC(O)C1C(=O)N2CC(=O)CC12. The fourth-order valence-corrected chi connectivity index (χ4v) is 2.08. The number of nitrogens with zero attached hydrogens (tertiary/aromatic N) is 1. The molecule has 66 valence electrons. The third kappa shape index (κ3) is 0.813. The van der Waals surface area contributed by atoms with Crippen LogP contribution in [0.5, 0.6) is 0 Å². The number of fused-ring (bicyclic) bond motifs is 1. The van der Waals surface area contributed by atoms with Gasteiger partial charge in [-0.1, -0.05) is 0 Å². The van der Waals surface area contributed by atoms with E-state index in [1.807, 2.05) is 0 Å². The van der Waals surface area contributed by atoms with E-state index in [2.05, 4.69) is 0 Å². The van der Waals surface area contributed by atoms with Gasteiger partial charge in [0.1, 0.15) is 0 Å². The van der Waals surface area contributed by atoms with Gasteiger partial charge in [0.25, 0.3) is 0 Å². The van der Waals surface area contributed by atoms with Crippen LogP contribution >= 0.6 is 0 Å². The Morgan fingerprint density at radius 3 is 2.83 bits per heavy atom. The van der Waals surface area contributed by atoms with Gasteiger partial charge in [0.2, 0.25) is 5.91 Å². The summed E-state index contributed by atoms with van der Waals surface area (Å²) in [6.45, 7) is 1.86. The van der Waals surface area contributed by atoms with E-state index in [0.717, 1.165) is 0 Å².